The topological polar surface area (TPSA) is 74.6 Å². The number of nitrogens with one attached hydrogen (secondary N) is 1. The fourth-order valence-electron chi connectivity index (χ4n) is 4.20. The molecule has 0 saturated heterocycles. The highest BCUT2D eigenvalue weighted by molar-refractivity contribution is 5.94. The van der Waals surface area contributed by atoms with Crippen LogP contribution in [0.2, 0.25) is 0 Å². The molecule has 0 unspecified atom stereocenters. The molecule has 2 aromatic carbocycles. The highest BCUT2D eigenvalue weighted by Crippen LogP contribution is 2.45. The number of rotatable bonds is 7. The van der Waals surface area contributed by atoms with Gasteiger partial charge in [-0.1, -0.05) is 37.6 Å². The minimum absolute atomic E-state index is 0.293. The van der Waals surface area contributed by atoms with Crippen molar-refractivity contribution in [2.75, 3.05) is 26.1 Å². The van der Waals surface area contributed by atoms with Gasteiger partial charge in [-0.15, -0.1) is 0 Å². The quantitative estimate of drug-likeness (QED) is 0.558. The number of aromatic nitrogens is 2. The lowest BCUT2D eigenvalue weighted by Crippen LogP contribution is -2.30. The Balaban J connectivity index is 2.05. The molecule has 1 aliphatic heterocycles. The summed E-state index contributed by atoms with van der Waals surface area (Å²) >= 11 is 0. The zero-order chi connectivity index (χ0) is 22.0. The number of hydrogen-bond acceptors (Lipinski definition) is 6. The number of carbonyl (C=O) groups excluding carboxylic acids is 1. The third kappa shape index (κ3) is 3.50. The highest BCUT2D eigenvalue weighted by Gasteiger charge is 2.37. The van der Waals surface area contributed by atoms with Gasteiger partial charge in [0.2, 0.25) is 5.95 Å². The number of nitrogens with zero attached hydrogens (tertiary/aromatic N) is 2. The van der Waals surface area contributed by atoms with E-state index in [2.05, 4.69) is 12.2 Å². The maximum Gasteiger partial charge on any atom is 0.338 e. The number of ether oxygens (including phenoxy) is 3. The molecule has 0 amide bonds. The summed E-state index contributed by atoms with van der Waals surface area (Å²) < 4.78 is 18.8. The van der Waals surface area contributed by atoms with Gasteiger partial charge in [0.1, 0.15) is 0 Å². The summed E-state index contributed by atoms with van der Waals surface area (Å²) in [4.78, 5) is 18.1. The molecule has 7 heteroatoms. The third-order valence-electron chi connectivity index (χ3n) is 5.44. The molecule has 2 heterocycles. The number of anilines is 1. The number of hydrogen-bond donors (Lipinski definition) is 1. The van der Waals surface area contributed by atoms with E-state index in [-0.39, 0.29) is 5.97 Å². The van der Waals surface area contributed by atoms with Crippen molar-refractivity contribution in [3.63, 3.8) is 0 Å². The number of para-hydroxylation sites is 3. The van der Waals surface area contributed by atoms with Crippen LogP contribution < -0.4 is 14.8 Å². The second-order valence-corrected chi connectivity index (χ2v) is 7.27. The Labute approximate surface area is 181 Å². The number of carbonyl (C=O) groups is 1. The number of benzene rings is 2. The standard InChI is InChI=1S/C24H27N3O4/c1-5-10-17-20(23(28)31-6-2)21(15-11-9-14-19(29-3)22(15)30-4)27-18-13-8-7-12-16(18)25-24(27)26-17/h7-9,11-14,21H,5-6,10H2,1-4H3,(H,25,26)/t21-/m0/s1. The Morgan fingerprint density at radius 2 is 1.90 bits per heavy atom. The van der Waals surface area contributed by atoms with Gasteiger partial charge >= 0.3 is 5.97 Å². The second-order valence-electron chi connectivity index (χ2n) is 7.27. The van der Waals surface area contributed by atoms with E-state index >= 15 is 0 Å². The Hall–Kier alpha value is -3.48. The molecule has 0 aliphatic carbocycles. The number of imidazole rings is 1. The van der Waals surface area contributed by atoms with Crippen molar-refractivity contribution >= 4 is 23.0 Å². The predicted molar refractivity (Wildman–Crippen MR) is 120 cm³/mol. The van der Waals surface area contributed by atoms with E-state index in [1.165, 1.54) is 0 Å². The van der Waals surface area contributed by atoms with Gasteiger partial charge in [0.05, 0.1) is 43.5 Å². The van der Waals surface area contributed by atoms with Gasteiger partial charge in [0.25, 0.3) is 0 Å². The molecule has 3 aromatic rings. The van der Waals surface area contributed by atoms with Crippen LogP contribution in [0.15, 0.2) is 53.7 Å². The average Bonchev–Trinajstić information content (AvgIpc) is 3.16. The molecule has 4 rings (SSSR count). The minimum Gasteiger partial charge on any atom is -0.493 e. The summed E-state index contributed by atoms with van der Waals surface area (Å²) in [7, 11) is 3.21. The predicted octanol–water partition coefficient (Wildman–Crippen LogP) is 4.69. The van der Waals surface area contributed by atoms with E-state index in [1.807, 2.05) is 54.0 Å². The van der Waals surface area contributed by atoms with Crippen LogP contribution in [0, 0.1) is 0 Å². The number of esters is 1. The van der Waals surface area contributed by atoms with Gasteiger partial charge in [-0.05, 0) is 31.5 Å². The monoisotopic (exact) mass is 421 g/mol. The van der Waals surface area contributed by atoms with Crippen LogP contribution in [0.1, 0.15) is 38.3 Å². The number of fused-ring (bicyclic) bond motifs is 3. The molecular formula is C24H27N3O4. The van der Waals surface area contributed by atoms with Gasteiger partial charge in [-0.2, -0.15) is 0 Å². The van der Waals surface area contributed by atoms with Crippen molar-refractivity contribution in [1.82, 2.24) is 9.55 Å². The smallest absolute Gasteiger partial charge is 0.338 e. The highest BCUT2D eigenvalue weighted by atomic mass is 16.5. The Morgan fingerprint density at radius 3 is 2.61 bits per heavy atom. The largest absolute Gasteiger partial charge is 0.493 e. The van der Waals surface area contributed by atoms with Crippen LogP contribution in [0.3, 0.4) is 0 Å². The van der Waals surface area contributed by atoms with E-state index in [1.54, 1.807) is 14.2 Å². The van der Waals surface area contributed by atoms with E-state index in [0.717, 1.165) is 28.7 Å². The molecule has 31 heavy (non-hydrogen) atoms. The molecule has 0 bridgehead atoms. The molecule has 1 N–H and O–H groups in total. The molecule has 7 nitrogen and oxygen atoms in total. The Morgan fingerprint density at radius 1 is 1.10 bits per heavy atom. The maximum absolute atomic E-state index is 13.3. The molecule has 0 radical (unpaired) electrons. The lowest BCUT2D eigenvalue weighted by molar-refractivity contribution is -0.139. The van der Waals surface area contributed by atoms with Gasteiger partial charge in [-0.25, -0.2) is 9.78 Å². The Bertz CT molecular complexity index is 1150. The van der Waals surface area contributed by atoms with Crippen molar-refractivity contribution in [3.8, 4) is 11.5 Å². The van der Waals surface area contributed by atoms with Crippen LogP contribution in [-0.4, -0.2) is 36.3 Å². The molecular weight excluding hydrogens is 394 g/mol. The average molecular weight is 421 g/mol. The van der Waals surface area contributed by atoms with E-state index in [4.69, 9.17) is 19.2 Å². The summed E-state index contributed by atoms with van der Waals surface area (Å²) in [6, 6.07) is 13.1. The van der Waals surface area contributed by atoms with Gasteiger partial charge in [-0.3, -0.25) is 4.57 Å². The summed E-state index contributed by atoms with van der Waals surface area (Å²) in [5.74, 6) is 1.52. The van der Waals surface area contributed by atoms with E-state index < -0.39 is 6.04 Å². The maximum atomic E-state index is 13.3. The first-order valence-electron chi connectivity index (χ1n) is 10.5. The normalized spacial score (nSPS) is 15.4. The first-order valence-corrected chi connectivity index (χ1v) is 10.5. The second kappa shape index (κ2) is 8.71. The van der Waals surface area contributed by atoms with E-state index in [0.29, 0.717) is 36.0 Å². The van der Waals surface area contributed by atoms with Crippen molar-refractivity contribution in [2.45, 2.75) is 32.7 Å². The third-order valence-corrected chi connectivity index (χ3v) is 5.44. The van der Waals surface area contributed by atoms with Gasteiger partial charge < -0.3 is 19.5 Å². The molecule has 0 spiro atoms. The molecule has 1 aromatic heterocycles. The fourth-order valence-corrected chi connectivity index (χ4v) is 4.20. The van der Waals surface area contributed by atoms with Crippen LogP contribution >= 0.6 is 0 Å². The minimum atomic E-state index is -0.478. The summed E-state index contributed by atoms with van der Waals surface area (Å²) in [6.07, 6.45) is 1.56. The lowest BCUT2D eigenvalue weighted by Gasteiger charge is -2.32. The molecule has 162 valence electrons. The van der Waals surface area contributed by atoms with Crippen molar-refractivity contribution < 1.29 is 19.0 Å². The first kappa shape index (κ1) is 20.8. The Kier molecular flexibility index (Phi) is 5.84. The van der Waals surface area contributed by atoms with Crippen molar-refractivity contribution in [2.24, 2.45) is 0 Å². The first-order chi connectivity index (χ1) is 15.1. The SMILES string of the molecule is CCCC1=C(C(=O)OCC)[C@H](c2cccc(OC)c2OC)n2c(nc3ccccc32)N1. The van der Waals surface area contributed by atoms with Crippen LogP contribution in [0.25, 0.3) is 11.0 Å². The van der Waals surface area contributed by atoms with Crippen LogP contribution in [-0.2, 0) is 9.53 Å². The zero-order valence-electron chi connectivity index (χ0n) is 18.3. The van der Waals surface area contributed by atoms with Crippen molar-refractivity contribution in [3.05, 3.63) is 59.3 Å². The zero-order valence-corrected chi connectivity index (χ0v) is 18.3. The van der Waals surface area contributed by atoms with E-state index in [9.17, 15) is 4.79 Å². The molecule has 0 saturated carbocycles. The van der Waals surface area contributed by atoms with Crippen LogP contribution in [0.4, 0.5) is 5.95 Å². The molecule has 1 atom stereocenters. The van der Waals surface area contributed by atoms with Crippen LogP contribution in [0.5, 0.6) is 11.5 Å². The van der Waals surface area contributed by atoms with Crippen molar-refractivity contribution in [1.29, 1.82) is 0 Å². The summed E-state index contributed by atoms with van der Waals surface area (Å²) in [5.41, 5.74) is 3.95. The summed E-state index contributed by atoms with van der Waals surface area (Å²) in [5, 5.41) is 3.40. The molecule has 0 fully saturated rings. The fraction of sp³-hybridized carbons (Fsp3) is 0.333. The lowest BCUT2D eigenvalue weighted by atomic mass is 9.92. The molecule has 1 aliphatic rings. The van der Waals surface area contributed by atoms with Gasteiger partial charge in [0, 0.05) is 11.3 Å². The number of methoxy groups -OCH3 is 2. The van der Waals surface area contributed by atoms with Gasteiger partial charge in [0.15, 0.2) is 11.5 Å². The number of allylic oxidation sites excluding steroid dienone is 1. The summed E-state index contributed by atoms with van der Waals surface area (Å²) in [6.45, 7) is 4.19.